The number of nitrogens with zero attached hydrogens (tertiary/aromatic N) is 2. The minimum absolute atomic E-state index is 0.156. The van der Waals surface area contributed by atoms with Gasteiger partial charge in [-0.15, -0.1) is 0 Å². The largest absolute Gasteiger partial charge is 0.507 e. The molecule has 0 aliphatic rings. The van der Waals surface area contributed by atoms with Crippen LogP contribution in [0.25, 0.3) is 43.6 Å². The van der Waals surface area contributed by atoms with E-state index in [2.05, 4.69) is 20.0 Å². The Morgan fingerprint density at radius 1 is 0.474 bits per heavy atom. The molecule has 5 aromatic carbocycles. The first kappa shape index (κ1) is 21.9. The molecule has 6 nitrogen and oxygen atoms in total. The van der Waals surface area contributed by atoms with Gasteiger partial charge in [0.2, 0.25) is 0 Å². The summed E-state index contributed by atoms with van der Waals surface area (Å²) >= 11 is 0. The van der Waals surface area contributed by atoms with Crippen LogP contribution in [0.5, 0.6) is 11.5 Å². The Morgan fingerprint density at radius 2 is 0.895 bits per heavy atom. The summed E-state index contributed by atoms with van der Waals surface area (Å²) in [5, 5.41) is 25.4. The second-order valence-corrected chi connectivity index (χ2v) is 9.26. The number of rotatable bonds is 4. The molecule has 0 amide bonds. The fourth-order valence-electron chi connectivity index (χ4n) is 4.97. The van der Waals surface area contributed by atoms with Crippen LogP contribution in [-0.4, -0.2) is 32.6 Å². The maximum absolute atomic E-state index is 10.7. The smallest absolute Gasteiger partial charge is 0.125 e. The zero-order valence-electron chi connectivity index (χ0n) is 20.2. The number of nitrogens with one attached hydrogen (secondary N) is 2. The van der Waals surface area contributed by atoms with Crippen molar-refractivity contribution in [2.75, 3.05) is 0 Å². The molecule has 0 spiro atoms. The molecule has 4 N–H and O–H groups in total. The van der Waals surface area contributed by atoms with Crippen LogP contribution in [0.4, 0.5) is 11.4 Å². The van der Waals surface area contributed by atoms with Crippen LogP contribution in [-0.2, 0) is 0 Å². The summed E-state index contributed by atoms with van der Waals surface area (Å²) in [6.07, 6.45) is 3.28. The number of aromatic hydroxyl groups is 2. The van der Waals surface area contributed by atoms with Crippen molar-refractivity contribution in [3.8, 4) is 11.5 Å². The van der Waals surface area contributed by atoms with Crippen molar-refractivity contribution in [1.29, 1.82) is 0 Å². The van der Waals surface area contributed by atoms with E-state index in [0.29, 0.717) is 22.5 Å². The van der Waals surface area contributed by atoms with E-state index in [-0.39, 0.29) is 11.5 Å². The number of benzene rings is 5. The zero-order valence-corrected chi connectivity index (χ0v) is 20.2. The van der Waals surface area contributed by atoms with Crippen LogP contribution in [0, 0.1) is 0 Å². The highest BCUT2D eigenvalue weighted by Crippen LogP contribution is 2.33. The number of hydrogen-bond donors (Lipinski definition) is 4. The lowest BCUT2D eigenvalue weighted by Gasteiger charge is -2.03. The molecule has 0 fully saturated rings. The number of fused-ring (bicyclic) bond motifs is 6. The predicted molar refractivity (Wildman–Crippen MR) is 156 cm³/mol. The molecule has 0 radical (unpaired) electrons. The van der Waals surface area contributed by atoms with Gasteiger partial charge < -0.3 is 20.2 Å². The number of aromatic nitrogens is 2. The van der Waals surface area contributed by atoms with Gasteiger partial charge in [-0.25, -0.2) is 0 Å². The van der Waals surface area contributed by atoms with E-state index in [1.165, 1.54) is 0 Å². The summed E-state index contributed by atoms with van der Waals surface area (Å²) in [5.41, 5.74) is 6.39. The molecule has 0 saturated heterocycles. The van der Waals surface area contributed by atoms with Crippen molar-refractivity contribution in [2.24, 2.45) is 9.98 Å². The van der Waals surface area contributed by atoms with Gasteiger partial charge in [-0.05, 0) is 48.5 Å². The highest BCUT2D eigenvalue weighted by atomic mass is 16.3. The van der Waals surface area contributed by atoms with Gasteiger partial charge in [0.1, 0.15) is 11.5 Å². The number of H-pyrrole nitrogens is 2. The van der Waals surface area contributed by atoms with Crippen molar-refractivity contribution >= 4 is 67.4 Å². The molecule has 6 heteroatoms. The van der Waals surface area contributed by atoms with E-state index in [1.54, 1.807) is 24.6 Å². The summed E-state index contributed by atoms with van der Waals surface area (Å²) < 4.78 is 0. The first-order valence-electron chi connectivity index (χ1n) is 12.3. The highest BCUT2D eigenvalue weighted by molar-refractivity contribution is 6.10. The summed E-state index contributed by atoms with van der Waals surface area (Å²) in [6.45, 7) is 0. The maximum atomic E-state index is 10.7. The minimum Gasteiger partial charge on any atom is -0.507 e. The van der Waals surface area contributed by atoms with Gasteiger partial charge in [0.05, 0.1) is 11.4 Å². The lowest BCUT2D eigenvalue weighted by Crippen LogP contribution is -1.84. The molecule has 38 heavy (non-hydrogen) atoms. The molecule has 2 aromatic heterocycles. The Kier molecular flexibility index (Phi) is 4.97. The fraction of sp³-hybridized carbons (Fsp3) is 0. The van der Waals surface area contributed by atoms with Gasteiger partial charge in [-0.2, -0.15) is 0 Å². The van der Waals surface area contributed by atoms with Gasteiger partial charge in [-0.1, -0.05) is 48.5 Å². The normalized spacial score (nSPS) is 12.2. The highest BCUT2D eigenvalue weighted by Gasteiger charge is 2.10. The number of aromatic amines is 2. The van der Waals surface area contributed by atoms with Gasteiger partial charge in [0.15, 0.2) is 0 Å². The van der Waals surface area contributed by atoms with Crippen molar-refractivity contribution in [3.63, 3.8) is 0 Å². The molecule has 7 rings (SSSR count). The topological polar surface area (TPSA) is 96.8 Å². The molecule has 2 heterocycles. The van der Waals surface area contributed by atoms with Crippen molar-refractivity contribution in [2.45, 2.75) is 0 Å². The van der Waals surface area contributed by atoms with Crippen molar-refractivity contribution in [1.82, 2.24) is 9.97 Å². The molecule has 0 bridgehead atoms. The fourth-order valence-corrected chi connectivity index (χ4v) is 4.97. The van der Waals surface area contributed by atoms with Crippen LogP contribution in [0.2, 0.25) is 0 Å². The third-order valence-corrected chi connectivity index (χ3v) is 6.87. The predicted octanol–water partition coefficient (Wildman–Crippen LogP) is 7.87. The van der Waals surface area contributed by atoms with E-state index in [1.807, 2.05) is 84.9 Å². The quantitative estimate of drug-likeness (QED) is 0.187. The van der Waals surface area contributed by atoms with Crippen LogP contribution in [0.15, 0.2) is 107 Å². The van der Waals surface area contributed by atoms with E-state index < -0.39 is 0 Å². The number of para-hydroxylation sites is 4. The van der Waals surface area contributed by atoms with Crippen LogP contribution in [0.1, 0.15) is 11.1 Å². The Balaban J connectivity index is 1.22. The van der Waals surface area contributed by atoms with E-state index in [4.69, 9.17) is 0 Å². The summed E-state index contributed by atoms with van der Waals surface area (Å²) in [6, 6.07) is 30.9. The molecular weight excluding hydrogens is 472 g/mol. The third-order valence-electron chi connectivity index (χ3n) is 6.87. The lowest BCUT2D eigenvalue weighted by atomic mass is 10.1. The van der Waals surface area contributed by atoms with E-state index in [9.17, 15) is 10.2 Å². The monoisotopic (exact) mass is 494 g/mol. The third kappa shape index (κ3) is 3.67. The summed E-state index contributed by atoms with van der Waals surface area (Å²) in [7, 11) is 0. The molecule has 0 atom stereocenters. The summed E-state index contributed by atoms with van der Waals surface area (Å²) in [4.78, 5) is 16.1. The molecule has 7 aromatic rings. The lowest BCUT2D eigenvalue weighted by molar-refractivity contribution is 0.475. The van der Waals surface area contributed by atoms with Gasteiger partial charge in [-0.3, -0.25) is 9.98 Å². The number of phenols is 2. The first-order chi connectivity index (χ1) is 18.6. The molecular formula is C32H22N4O2. The second-order valence-electron chi connectivity index (χ2n) is 9.26. The SMILES string of the molecule is Oc1cc2c(cc1C=Nc1ccccc1N=Cc1cc3[nH]c4ccccc4c3cc1O)[nH]c1ccccc12. The number of hydrogen-bond acceptors (Lipinski definition) is 4. The standard InChI is InChI=1S/C32H22N4O2/c37-31-15-23-21-7-1-3-9-25(21)35-29(23)13-19(31)17-33-27-11-5-6-12-28(27)34-18-20-14-30-24(16-32(20)38)22-8-2-4-10-26(22)36-30/h1-18,35-38H. The van der Waals surface area contributed by atoms with Crippen LogP contribution < -0.4 is 0 Å². The van der Waals surface area contributed by atoms with Gasteiger partial charge in [0.25, 0.3) is 0 Å². The average Bonchev–Trinajstić information content (AvgIpc) is 3.48. The maximum Gasteiger partial charge on any atom is 0.125 e. The molecule has 182 valence electrons. The van der Waals surface area contributed by atoms with Crippen molar-refractivity contribution in [3.05, 3.63) is 108 Å². The number of phenolic OH excluding ortho intramolecular Hbond substituents is 2. The van der Waals surface area contributed by atoms with E-state index >= 15 is 0 Å². The first-order valence-corrected chi connectivity index (χ1v) is 12.3. The Labute approximate surface area is 217 Å². The molecule has 0 unspecified atom stereocenters. The van der Waals surface area contributed by atoms with E-state index in [0.717, 1.165) is 43.6 Å². The minimum atomic E-state index is 0.156. The average molecular weight is 495 g/mol. The van der Waals surface area contributed by atoms with Crippen molar-refractivity contribution < 1.29 is 10.2 Å². The van der Waals surface area contributed by atoms with Gasteiger partial charge >= 0.3 is 0 Å². The molecule has 0 saturated carbocycles. The Morgan fingerprint density at radius 3 is 1.37 bits per heavy atom. The molecule has 0 aliphatic carbocycles. The Hall–Kier alpha value is -5.36. The Bertz CT molecular complexity index is 1910. The number of aliphatic imine (C=N–C) groups is 2. The summed E-state index contributed by atoms with van der Waals surface area (Å²) in [5.74, 6) is 0.312. The van der Waals surface area contributed by atoms with Crippen LogP contribution in [0.3, 0.4) is 0 Å². The second kappa shape index (κ2) is 8.64. The van der Waals surface area contributed by atoms with Gasteiger partial charge in [0, 0.05) is 67.2 Å². The zero-order chi connectivity index (χ0) is 25.6. The van der Waals surface area contributed by atoms with Crippen LogP contribution >= 0.6 is 0 Å². The molecule has 0 aliphatic heterocycles.